The molecule has 0 saturated carbocycles. The number of pyridine rings is 1. The molecular weight excluding hydrogens is 220 g/mol. The number of nitrogens with two attached hydrogens (primary N) is 1. The van der Waals surface area contributed by atoms with Crippen LogP contribution in [0.5, 0.6) is 0 Å². The quantitative estimate of drug-likeness (QED) is 0.875. The molecule has 16 heavy (non-hydrogen) atoms. The Morgan fingerprint density at radius 1 is 1.38 bits per heavy atom. The molecule has 0 unspecified atom stereocenters. The summed E-state index contributed by atoms with van der Waals surface area (Å²) in [6.45, 7) is 1.75. The normalized spacial score (nSPS) is 10.9. The maximum Gasteiger partial charge on any atom is 0.180 e. The number of hydrogen-bond donors (Lipinski definition) is 1. The average Bonchev–Trinajstić information content (AvgIpc) is 2.65. The predicted octanol–water partition coefficient (Wildman–Crippen LogP) is 1.75. The largest absolute Gasteiger partial charge is 0.375 e. The number of aromatic nitrogens is 2. The number of rotatable bonds is 4. The summed E-state index contributed by atoms with van der Waals surface area (Å²) in [5.74, 6) is 0. The first-order valence-corrected chi connectivity index (χ1v) is 5.83. The van der Waals surface area contributed by atoms with Crippen molar-refractivity contribution in [3.8, 4) is 0 Å². The molecule has 0 saturated heterocycles. The topological polar surface area (TPSA) is 55.0 Å². The van der Waals surface area contributed by atoms with Crippen molar-refractivity contribution in [1.82, 2.24) is 14.9 Å². The molecular formula is C11H14N4S. The molecule has 0 aliphatic heterocycles. The van der Waals surface area contributed by atoms with Gasteiger partial charge in [0, 0.05) is 36.6 Å². The van der Waals surface area contributed by atoms with Gasteiger partial charge in [-0.05, 0) is 18.7 Å². The molecule has 0 atom stereocenters. The molecule has 0 aromatic carbocycles. The van der Waals surface area contributed by atoms with Crippen molar-refractivity contribution in [2.75, 3.05) is 12.8 Å². The molecule has 0 bridgehead atoms. The van der Waals surface area contributed by atoms with Crippen molar-refractivity contribution in [2.24, 2.45) is 0 Å². The van der Waals surface area contributed by atoms with Gasteiger partial charge in [-0.15, -0.1) is 11.3 Å². The Kier molecular flexibility index (Phi) is 3.48. The van der Waals surface area contributed by atoms with Crippen molar-refractivity contribution in [1.29, 1.82) is 0 Å². The van der Waals surface area contributed by atoms with Crippen LogP contribution >= 0.6 is 11.3 Å². The molecule has 0 fully saturated rings. The van der Waals surface area contributed by atoms with Crippen LogP contribution in [0, 0.1) is 0 Å². The van der Waals surface area contributed by atoms with Gasteiger partial charge in [-0.2, -0.15) is 0 Å². The van der Waals surface area contributed by atoms with E-state index in [4.69, 9.17) is 5.73 Å². The fourth-order valence-corrected chi connectivity index (χ4v) is 2.29. The van der Waals surface area contributed by atoms with Crippen LogP contribution in [0.2, 0.25) is 0 Å². The van der Waals surface area contributed by atoms with Gasteiger partial charge < -0.3 is 5.73 Å². The summed E-state index contributed by atoms with van der Waals surface area (Å²) >= 11 is 1.54. The van der Waals surface area contributed by atoms with Gasteiger partial charge >= 0.3 is 0 Å². The number of nitrogens with zero attached hydrogens (tertiary/aromatic N) is 3. The summed E-state index contributed by atoms with van der Waals surface area (Å²) in [5.41, 5.74) is 6.80. The number of anilines is 1. The first-order valence-electron chi connectivity index (χ1n) is 5.01. The standard InChI is InChI=1S/C11H14N4S/c1-15(7-9-3-2-4-13-5-9)8-10-6-14-11(12)16-10/h2-6H,7-8H2,1H3,(H2,12,14). The first kappa shape index (κ1) is 11.0. The second-order valence-electron chi connectivity index (χ2n) is 3.70. The monoisotopic (exact) mass is 234 g/mol. The molecule has 0 radical (unpaired) electrons. The number of nitrogen functional groups attached to an aromatic ring is 1. The highest BCUT2D eigenvalue weighted by Crippen LogP contribution is 2.16. The third-order valence-electron chi connectivity index (χ3n) is 2.17. The van der Waals surface area contributed by atoms with Gasteiger partial charge in [-0.1, -0.05) is 6.07 Å². The van der Waals surface area contributed by atoms with E-state index >= 15 is 0 Å². The van der Waals surface area contributed by atoms with Gasteiger partial charge in [0.25, 0.3) is 0 Å². The Bertz CT molecular complexity index is 440. The van der Waals surface area contributed by atoms with Crippen LogP contribution in [0.3, 0.4) is 0 Å². The van der Waals surface area contributed by atoms with Crippen molar-refractivity contribution >= 4 is 16.5 Å². The van der Waals surface area contributed by atoms with Gasteiger partial charge in [-0.25, -0.2) is 4.98 Å². The highest BCUT2D eigenvalue weighted by molar-refractivity contribution is 7.15. The molecule has 0 aliphatic rings. The predicted molar refractivity (Wildman–Crippen MR) is 65.9 cm³/mol. The van der Waals surface area contributed by atoms with E-state index in [2.05, 4.69) is 28.0 Å². The van der Waals surface area contributed by atoms with Crippen LogP contribution < -0.4 is 5.73 Å². The summed E-state index contributed by atoms with van der Waals surface area (Å²) in [5, 5.41) is 0.629. The second kappa shape index (κ2) is 5.05. The fraction of sp³-hybridized carbons (Fsp3) is 0.273. The zero-order valence-corrected chi connectivity index (χ0v) is 9.94. The third-order valence-corrected chi connectivity index (χ3v) is 2.98. The van der Waals surface area contributed by atoms with Crippen LogP contribution in [0.15, 0.2) is 30.7 Å². The van der Waals surface area contributed by atoms with Crippen molar-refractivity contribution in [3.63, 3.8) is 0 Å². The number of thiazole rings is 1. The highest BCUT2D eigenvalue weighted by atomic mass is 32.1. The molecule has 2 heterocycles. The van der Waals surface area contributed by atoms with Gasteiger partial charge in [0.2, 0.25) is 0 Å². The zero-order chi connectivity index (χ0) is 11.4. The van der Waals surface area contributed by atoms with Crippen LogP contribution in [0.25, 0.3) is 0 Å². The van der Waals surface area contributed by atoms with Gasteiger partial charge in [0.15, 0.2) is 5.13 Å². The lowest BCUT2D eigenvalue weighted by Crippen LogP contribution is -2.16. The van der Waals surface area contributed by atoms with E-state index in [0.717, 1.165) is 13.1 Å². The molecule has 2 N–H and O–H groups in total. The SMILES string of the molecule is CN(Cc1cccnc1)Cc1cnc(N)s1. The maximum atomic E-state index is 5.59. The summed E-state index contributed by atoms with van der Waals surface area (Å²) < 4.78 is 0. The fourth-order valence-electron chi connectivity index (χ4n) is 1.52. The van der Waals surface area contributed by atoms with Crippen LogP contribution in [0.1, 0.15) is 10.4 Å². The average molecular weight is 234 g/mol. The molecule has 0 aliphatic carbocycles. The lowest BCUT2D eigenvalue weighted by Gasteiger charge is -2.14. The van der Waals surface area contributed by atoms with E-state index in [-0.39, 0.29) is 0 Å². The third kappa shape index (κ3) is 3.01. The van der Waals surface area contributed by atoms with E-state index < -0.39 is 0 Å². The van der Waals surface area contributed by atoms with Crippen LogP contribution in [0.4, 0.5) is 5.13 Å². The smallest absolute Gasteiger partial charge is 0.180 e. The summed E-state index contributed by atoms with van der Waals surface area (Å²) in [6.07, 6.45) is 5.50. The Morgan fingerprint density at radius 3 is 2.88 bits per heavy atom. The lowest BCUT2D eigenvalue weighted by atomic mass is 10.3. The summed E-state index contributed by atoms with van der Waals surface area (Å²) in [6, 6.07) is 4.03. The second-order valence-corrected chi connectivity index (χ2v) is 4.85. The van der Waals surface area contributed by atoms with Crippen molar-refractivity contribution in [2.45, 2.75) is 13.1 Å². The lowest BCUT2D eigenvalue weighted by molar-refractivity contribution is 0.321. The summed E-state index contributed by atoms with van der Waals surface area (Å²) in [7, 11) is 2.07. The molecule has 2 aromatic rings. The minimum absolute atomic E-state index is 0.629. The van der Waals surface area contributed by atoms with Crippen molar-refractivity contribution in [3.05, 3.63) is 41.2 Å². The Hall–Kier alpha value is -1.46. The van der Waals surface area contributed by atoms with Gasteiger partial charge in [0.05, 0.1) is 0 Å². The molecule has 2 rings (SSSR count). The Balaban J connectivity index is 1.92. The molecule has 0 spiro atoms. The van der Waals surface area contributed by atoms with E-state index in [9.17, 15) is 0 Å². The minimum Gasteiger partial charge on any atom is -0.375 e. The van der Waals surface area contributed by atoms with E-state index in [1.165, 1.54) is 21.8 Å². The molecule has 84 valence electrons. The van der Waals surface area contributed by atoms with Crippen LogP contribution in [-0.2, 0) is 13.1 Å². The van der Waals surface area contributed by atoms with Gasteiger partial charge in [-0.3, -0.25) is 9.88 Å². The van der Waals surface area contributed by atoms with E-state index in [0.29, 0.717) is 5.13 Å². The molecule has 4 nitrogen and oxygen atoms in total. The minimum atomic E-state index is 0.629. The molecule has 5 heteroatoms. The summed E-state index contributed by atoms with van der Waals surface area (Å²) in [4.78, 5) is 11.5. The van der Waals surface area contributed by atoms with E-state index in [1.807, 2.05) is 18.5 Å². The van der Waals surface area contributed by atoms with Crippen molar-refractivity contribution < 1.29 is 0 Å². The number of hydrogen-bond acceptors (Lipinski definition) is 5. The highest BCUT2D eigenvalue weighted by Gasteiger charge is 2.04. The van der Waals surface area contributed by atoms with E-state index in [1.54, 1.807) is 6.20 Å². The maximum absolute atomic E-state index is 5.59. The van der Waals surface area contributed by atoms with Crippen LogP contribution in [-0.4, -0.2) is 21.9 Å². The first-order chi connectivity index (χ1) is 7.74. The zero-order valence-electron chi connectivity index (χ0n) is 9.13. The Labute approximate surface area is 98.8 Å². The molecule has 0 amide bonds. The Morgan fingerprint density at radius 2 is 2.25 bits per heavy atom. The molecule has 2 aromatic heterocycles. The van der Waals surface area contributed by atoms with Gasteiger partial charge in [0.1, 0.15) is 0 Å².